The highest BCUT2D eigenvalue weighted by molar-refractivity contribution is 5.82. The van der Waals surface area contributed by atoms with Gasteiger partial charge in [0.2, 0.25) is 0 Å². The van der Waals surface area contributed by atoms with Crippen LogP contribution in [0.5, 0.6) is 0 Å². The fraction of sp³-hybridized carbons (Fsp3) is 0.200. The highest BCUT2D eigenvalue weighted by Crippen LogP contribution is 2.21. The summed E-state index contributed by atoms with van der Waals surface area (Å²) in [7, 11) is 0. The van der Waals surface area contributed by atoms with Crippen molar-refractivity contribution >= 4 is 10.9 Å². The molecule has 0 spiro atoms. The number of benzene rings is 1. The number of aliphatic hydroxyl groups excluding tert-OH is 1. The van der Waals surface area contributed by atoms with Gasteiger partial charge in [-0.25, -0.2) is 0 Å². The molecule has 1 atom stereocenters. The Labute approximate surface area is 76.2 Å². The summed E-state index contributed by atoms with van der Waals surface area (Å²) in [6.45, 7) is -0.0296. The van der Waals surface area contributed by atoms with Crippen molar-refractivity contribution in [3.63, 3.8) is 0 Å². The van der Waals surface area contributed by atoms with Crippen molar-refractivity contribution in [1.82, 2.24) is 4.98 Å². The van der Waals surface area contributed by atoms with E-state index in [0.717, 1.165) is 16.5 Å². The van der Waals surface area contributed by atoms with Crippen LogP contribution in [0.1, 0.15) is 11.6 Å². The van der Waals surface area contributed by atoms with Crippen molar-refractivity contribution in [3.8, 4) is 0 Å². The van der Waals surface area contributed by atoms with Gasteiger partial charge in [0.1, 0.15) is 0 Å². The van der Waals surface area contributed by atoms with E-state index in [1.54, 1.807) is 0 Å². The third-order valence-corrected chi connectivity index (χ3v) is 2.22. The zero-order valence-electron chi connectivity index (χ0n) is 7.20. The zero-order valence-corrected chi connectivity index (χ0v) is 7.20. The number of hydrogen-bond acceptors (Lipinski definition) is 2. The summed E-state index contributed by atoms with van der Waals surface area (Å²) >= 11 is 0. The highest BCUT2D eigenvalue weighted by atomic mass is 16.3. The van der Waals surface area contributed by atoms with Crippen LogP contribution in [0, 0.1) is 0 Å². The van der Waals surface area contributed by atoms with Gasteiger partial charge in [-0.1, -0.05) is 18.2 Å². The molecule has 13 heavy (non-hydrogen) atoms. The maximum atomic E-state index is 8.95. The van der Waals surface area contributed by atoms with Crippen molar-refractivity contribution in [2.75, 3.05) is 6.61 Å². The van der Waals surface area contributed by atoms with Crippen LogP contribution in [0.25, 0.3) is 10.9 Å². The number of rotatable bonds is 2. The number of aliphatic hydroxyl groups is 1. The molecule has 0 saturated carbocycles. The van der Waals surface area contributed by atoms with E-state index in [1.165, 1.54) is 0 Å². The average Bonchev–Trinajstić information content (AvgIpc) is 2.63. The van der Waals surface area contributed by atoms with E-state index in [-0.39, 0.29) is 12.6 Å². The average molecular weight is 176 g/mol. The zero-order chi connectivity index (χ0) is 9.26. The molecule has 0 unspecified atom stereocenters. The molecule has 1 aromatic heterocycles. The fourth-order valence-electron chi connectivity index (χ4n) is 1.52. The minimum Gasteiger partial charge on any atom is -0.394 e. The molecular weight excluding hydrogens is 164 g/mol. The van der Waals surface area contributed by atoms with E-state index in [0.29, 0.717) is 0 Å². The molecule has 2 aromatic rings. The first-order valence-corrected chi connectivity index (χ1v) is 4.25. The molecule has 0 radical (unpaired) electrons. The van der Waals surface area contributed by atoms with E-state index < -0.39 is 0 Å². The van der Waals surface area contributed by atoms with Gasteiger partial charge < -0.3 is 15.8 Å². The predicted octanol–water partition coefficient (Wildman–Crippen LogP) is 1.16. The minimum absolute atomic E-state index is 0.0296. The van der Waals surface area contributed by atoms with Crippen molar-refractivity contribution in [3.05, 3.63) is 36.0 Å². The number of para-hydroxylation sites is 1. The lowest BCUT2D eigenvalue weighted by atomic mass is 10.1. The monoisotopic (exact) mass is 176 g/mol. The summed E-state index contributed by atoms with van der Waals surface area (Å²) < 4.78 is 0. The van der Waals surface area contributed by atoms with Gasteiger partial charge in [-0.3, -0.25) is 0 Å². The largest absolute Gasteiger partial charge is 0.394 e. The molecule has 0 aliphatic heterocycles. The van der Waals surface area contributed by atoms with Crippen LogP contribution in [0.15, 0.2) is 30.5 Å². The summed E-state index contributed by atoms with van der Waals surface area (Å²) in [4.78, 5) is 3.11. The Kier molecular flexibility index (Phi) is 2.04. The second-order valence-corrected chi connectivity index (χ2v) is 3.08. The second-order valence-electron chi connectivity index (χ2n) is 3.08. The molecule has 2 rings (SSSR count). The second kappa shape index (κ2) is 3.20. The first kappa shape index (κ1) is 8.29. The highest BCUT2D eigenvalue weighted by Gasteiger charge is 2.08. The fourth-order valence-corrected chi connectivity index (χ4v) is 1.52. The maximum Gasteiger partial charge on any atom is 0.0625 e. The van der Waals surface area contributed by atoms with Crippen LogP contribution in [0.4, 0.5) is 0 Å². The van der Waals surface area contributed by atoms with E-state index in [4.69, 9.17) is 10.8 Å². The molecule has 1 aromatic carbocycles. The number of nitrogens with one attached hydrogen (secondary N) is 1. The number of aromatic nitrogens is 1. The maximum absolute atomic E-state index is 8.95. The lowest BCUT2D eigenvalue weighted by Crippen LogP contribution is -2.14. The van der Waals surface area contributed by atoms with E-state index in [9.17, 15) is 0 Å². The topological polar surface area (TPSA) is 62.0 Å². The van der Waals surface area contributed by atoms with Crippen LogP contribution >= 0.6 is 0 Å². The molecule has 4 N–H and O–H groups in total. The molecule has 1 heterocycles. The van der Waals surface area contributed by atoms with Crippen LogP contribution in [0.2, 0.25) is 0 Å². The van der Waals surface area contributed by atoms with Crippen molar-refractivity contribution in [2.45, 2.75) is 6.04 Å². The van der Waals surface area contributed by atoms with Gasteiger partial charge in [-0.05, 0) is 17.0 Å². The van der Waals surface area contributed by atoms with Crippen molar-refractivity contribution in [2.24, 2.45) is 5.73 Å². The van der Waals surface area contributed by atoms with Gasteiger partial charge in [0.15, 0.2) is 0 Å². The standard InChI is InChI=1S/C10H12N2O/c11-9(6-13)8-3-1-2-7-4-5-12-10(7)8/h1-5,9,12-13H,6,11H2/t9-/m1/s1. The Morgan fingerprint density at radius 1 is 1.38 bits per heavy atom. The smallest absolute Gasteiger partial charge is 0.0625 e. The minimum atomic E-state index is -0.303. The third kappa shape index (κ3) is 1.32. The Morgan fingerprint density at radius 3 is 3.00 bits per heavy atom. The van der Waals surface area contributed by atoms with E-state index in [1.807, 2.05) is 30.5 Å². The number of aromatic amines is 1. The van der Waals surface area contributed by atoms with Crippen LogP contribution < -0.4 is 5.73 Å². The first-order chi connectivity index (χ1) is 6.33. The summed E-state index contributed by atoms with van der Waals surface area (Å²) in [6.07, 6.45) is 1.87. The Bertz CT molecular complexity index is 408. The Hall–Kier alpha value is -1.32. The van der Waals surface area contributed by atoms with E-state index in [2.05, 4.69) is 4.98 Å². The van der Waals surface area contributed by atoms with Gasteiger partial charge in [0.25, 0.3) is 0 Å². The van der Waals surface area contributed by atoms with Crippen molar-refractivity contribution in [1.29, 1.82) is 0 Å². The normalized spacial score (nSPS) is 13.4. The molecule has 3 heteroatoms. The molecule has 0 aliphatic carbocycles. The Balaban J connectivity index is 2.60. The van der Waals surface area contributed by atoms with Gasteiger partial charge >= 0.3 is 0 Å². The molecule has 3 nitrogen and oxygen atoms in total. The molecule has 0 fully saturated rings. The first-order valence-electron chi connectivity index (χ1n) is 4.25. The van der Waals surface area contributed by atoms with E-state index >= 15 is 0 Å². The molecule has 0 aliphatic rings. The molecule has 0 saturated heterocycles. The SMILES string of the molecule is N[C@H](CO)c1cccc2cc[nH]c12. The van der Waals surface area contributed by atoms with Crippen LogP contribution in [-0.4, -0.2) is 16.7 Å². The predicted molar refractivity (Wildman–Crippen MR) is 52.3 cm³/mol. The lowest BCUT2D eigenvalue weighted by molar-refractivity contribution is 0.268. The number of H-pyrrole nitrogens is 1. The number of hydrogen-bond donors (Lipinski definition) is 3. The van der Waals surface area contributed by atoms with Crippen LogP contribution in [-0.2, 0) is 0 Å². The van der Waals surface area contributed by atoms with Crippen molar-refractivity contribution < 1.29 is 5.11 Å². The molecule has 68 valence electrons. The number of nitrogens with two attached hydrogens (primary N) is 1. The number of fused-ring (bicyclic) bond motifs is 1. The summed E-state index contributed by atoms with van der Waals surface area (Å²) in [6, 6.07) is 7.57. The van der Waals surface area contributed by atoms with Gasteiger partial charge in [0.05, 0.1) is 18.2 Å². The van der Waals surface area contributed by atoms with Crippen LogP contribution in [0.3, 0.4) is 0 Å². The van der Waals surface area contributed by atoms with Gasteiger partial charge in [-0.15, -0.1) is 0 Å². The third-order valence-electron chi connectivity index (χ3n) is 2.22. The molecule has 0 bridgehead atoms. The quantitative estimate of drug-likeness (QED) is 0.643. The summed E-state index contributed by atoms with van der Waals surface area (Å²) in [5, 5.41) is 10.1. The molecular formula is C10H12N2O. The van der Waals surface area contributed by atoms with Gasteiger partial charge in [-0.2, -0.15) is 0 Å². The van der Waals surface area contributed by atoms with Gasteiger partial charge in [0, 0.05) is 6.20 Å². The Morgan fingerprint density at radius 2 is 2.23 bits per heavy atom. The lowest BCUT2D eigenvalue weighted by Gasteiger charge is -2.09. The summed E-state index contributed by atoms with van der Waals surface area (Å²) in [5.41, 5.74) is 7.73. The summed E-state index contributed by atoms with van der Waals surface area (Å²) in [5.74, 6) is 0. The molecule has 0 amide bonds.